The lowest BCUT2D eigenvalue weighted by atomic mass is 9.87. The van der Waals surface area contributed by atoms with Crippen LogP contribution in [-0.4, -0.2) is 82.8 Å². The van der Waals surface area contributed by atoms with Gasteiger partial charge in [0.1, 0.15) is 0 Å². The Morgan fingerprint density at radius 2 is 2.00 bits per heavy atom. The molecule has 0 spiro atoms. The number of ether oxygens (including phenoxy) is 1. The van der Waals surface area contributed by atoms with Gasteiger partial charge in [0.2, 0.25) is 0 Å². The lowest BCUT2D eigenvalue weighted by molar-refractivity contribution is 0.110. The number of fused-ring (bicyclic) bond motifs is 1. The van der Waals surface area contributed by atoms with Gasteiger partial charge in [-0.1, -0.05) is 12.1 Å². The van der Waals surface area contributed by atoms with Gasteiger partial charge in [-0.2, -0.15) is 0 Å². The molecule has 2 fully saturated rings. The Labute approximate surface area is 213 Å². The van der Waals surface area contributed by atoms with E-state index in [1.54, 1.807) is 34.9 Å². The van der Waals surface area contributed by atoms with Crippen molar-refractivity contribution in [1.29, 1.82) is 0 Å². The smallest absolute Gasteiger partial charge is 0.327 e. The van der Waals surface area contributed by atoms with Crippen LogP contribution in [-0.2, 0) is 4.74 Å². The number of urea groups is 1. The van der Waals surface area contributed by atoms with Crippen LogP contribution in [0.2, 0.25) is 0 Å². The molecule has 198 valence electrons. The molecule has 4 heterocycles. The summed E-state index contributed by atoms with van der Waals surface area (Å²) in [5, 5.41) is 3.12. The number of likely N-dealkylation sites (tertiary alicyclic amines) is 2. The van der Waals surface area contributed by atoms with Crippen LogP contribution in [0.3, 0.4) is 0 Å². The number of hydrogen-bond acceptors (Lipinski definition) is 5. The van der Waals surface area contributed by atoms with E-state index in [1.165, 1.54) is 6.07 Å². The molecule has 2 aliphatic heterocycles. The number of hydrogen-bond donors (Lipinski definition) is 2. The Morgan fingerprint density at radius 3 is 2.78 bits per heavy atom. The average Bonchev–Trinajstić information content (AvgIpc) is 3.24. The molecule has 11 heteroatoms. The molecule has 37 heavy (non-hydrogen) atoms. The largest absolute Gasteiger partial charge is 0.383 e. The summed E-state index contributed by atoms with van der Waals surface area (Å²) in [4.78, 5) is 36.6. The van der Waals surface area contributed by atoms with E-state index in [0.29, 0.717) is 69.8 Å². The Kier molecular flexibility index (Phi) is 7.52. The molecule has 2 aliphatic rings. The van der Waals surface area contributed by atoms with Gasteiger partial charge in [0, 0.05) is 64.0 Å². The summed E-state index contributed by atoms with van der Waals surface area (Å²) in [5.41, 5.74) is 1.48. The van der Waals surface area contributed by atoms with Gasteiger partial charge in [0.05, 0.1) is 12.1 Å². The van der Waals surface area contributed by atoms with Crippen LogP contribution in [0.15, 0.2) is 41.3 Å². The van der Waals surface area contributed by atoms with E-state index >= 15 is 0 Å². The van der Waals surface area contributed by atoms with Gasteiger partial charge >= 0.3 is 11.7 Å². The number of piperidine rings is 2. The summed E-state index contributed by atoms with van der Waals surface area (Å²) < 4.78 is 35.5. The number of aromatic nitrogens is 3. The zero-order valence-electron chi connectivity index (χ0n) is 20.8. The van der Waals surface area contributed by atoms with E-state index in [-0.39, 0.29) is 29.7 Å². The molecule has 1 aromatic carbocycles. The van der Waals surface area contributed by atoms with E-state index in [0.717, 1.165) is 11.6 Å². The first-order valence-corrected chi connectivity index (χ1v) is 12.7. The number of methoxy groups -OCH3 is 1. The zero-order valence-corrected chi connectivity index (χ0v) is 20.8. The van der Waals surface area contributed by atoms with E-state index in [1.807, 2.05) is 6.07 Å². The Morgan fingerprint density at radius 1 is 1.19 bits per heavy atom. The maximum atomic E-state index is 14.6. The molecule has 2 aromatic heterocycles. The third-order valence-corrected chi connectivity index (χ3v) is 7.49. The van der Waals surface area contributed by atoms with Crippen LogP contribution in [0.5, 0.6) is 0 Å². The summed E-state index contributed by atoms with van der Waals surface area (Å²) in [6, 6.07) is 7.52. The number of pyridine rings is 1. The summed E-state index contributed by atoms with van der Waals surface area (Å²) in [6.07, 6.45) is 3.46. The normalized spacial score (nSPS) is 21.4. The second kappa shape index (κ2) is 11.0. The number of carbonyl (C=O) groups is 1. The molecule has 0 bridgehead atoms. The van der Waals surface area contributed by atoms with Gasteiger partial charge in [-0.15, -0.1) is 0 Å². The molecule has 2 N–H and O–H groups in total. The third-order valence-electron chi connectivity index (χ3n) is 7.49. The molecular formula is C26H32F2N6O3. The van der Waals surface area contributed by atoms with Crippen molar-refractivity contribution in [2.45, 2.75) is 37.3 Å². The van der Waals surface area contributed by atoms with Crippen molar-refractivity contribution < 1.29 is 18.3 Å². The quantitative estimate of drug-likeness (QED) is 0.528. The summed E-state index contributed by atoms with van der Waals surface area (Å²) in [6.45, 7) is 3.34. The average molecular weight is 515 g/mol. The monoisotopic (exact) mass is 514 g/mol. The van der Waals surface area contributed by atoms with E-state index in [4.69, 9.17) is 4.74 Å². The molecular weight excluding hydrogens is 482 g/mol. The summed E-state index contributed by atoms with van der Waals surface area (Å²) >= 11 is 0. The van der Waals surface area contributed by atoms with Crippen LogP contribution in [0, 0.1) is 11.6 Å². The molecule has 5 rings (SSSR count). The Hall–Kier alpha value is -3.31. The Balaban J connectivity index is 1.24. The maximum absolute atomic E-state index is 14.6. The van der Waals surface area contributed by atoms with Gasteiger partial charge < -0.3 is 15.0 Å². The van der Waals surface area contributed by atoms with Gasteiger partial charge in [-0.25, -0.2) is 23.4 Å². The highest BCUT2D eigenvalue weighted by Crippen LogP contribution is 2.30. The van der Waals surface area contributed by atoms with Gasteiger partial charge in [0.15, 0.2) is 17.3 Å². The first-order valence-electron chi connectivity index (χ1n) is 12.7. The van der Waals surface area contributed by atoms with Crippen molar-refractivity contribution in [3.8, 4) is 0 Å². The van der Waals surface area contributed by atoms with Crippen molar-refractivity contribution in [1.82, 2.24) is 29.7 Å². The topological polar surface area (TPSA) is 95.5 Å². The standard InChI is InChI=1S/C26H32F2N6O3/c1-37-13-12-32-15-17(20-4-2-5-21(27)23(20)28)14-18(16-32)30-25(35)33-10-7-19(8-11-33)34-22-6-3-9-29-24(22)31-26(34)36/h2-6,9,17-19H,7-8,10-16H2,1H3,(H,30,35)(H,29,31,36). The lowest BCUT2D eigenvalue weighted by Gasteiger charge is -2.40. The SMILES string of the molecule is COCCN1CC(NC(=O)N2CCC(n3c(=O)[nH]c4ncccc43)CC2)CC(c2cccc(F)c2F)C1. The number of aromatic amines is 1. The van der Waals surface area contributed by atoms with Crippen LogP contribution >= 0.6 is 0 Å². The summed E-state index contributed by atoms with van der Waals surface area (Å²) in [7, 11) is 1.62. The maximum Gasteiger partial charge on any atom is 0.327 e. The van der Waals surface area contributed by atoms with Crippen LogP contribution < -0.4 is 11.0 Å². The van der Waals surface area contributed by atoms with E-state index < -0.39 is 11.6 Å². The molecule has 2 amide bonds. The molecule has 0 radical (unpaired) electrons. The number of H-pyrrole nitrogens is 1. The third kappa shape index (κ3) is 5.37. The minimum Gasteiger partial charge on any atom is -0.383 e. The van der Waals surface area contributed by atoms with Crippen molar-refractivity contribution in [2.75, 3.05) is 46.4 Å². The predicted molar refractivity (Wildman–Crippen MR) is 135 cm³/mol. The van der Waals surface area contributed by atoms with Crippen LogP contribution in [0.25, 0.3) is 11.2 Å². The number of nitrogens with zero attached hydrogens (tertiary/aromatic N) is 4. The highest BCUT2D eigenvalue weighted by atomic mass is 19.2. The fraction of sp³-hybridized carbons (Fsp3) is 0.500. The fourth-order valence-corrected chi connectivity index (χ4v) is 5.67. The van der Waals surface area contributed by atoms with E-state index in [9.17, 15) is 18.4 Å². The van der Waals surface area contributed by atoms with Crippen molar-refractivity contribution in [3.63, 3.8) is 0 Å². The van der Waals surface area contributed by atoms with Crippen molar-refractivity contribution in [3.05, 3.63) is 64.2 Å². The molecule has 3 aromatic rings. The Bertz CT molecular complexity index is 1300. The number of amides is 2. The predicted octanol–water partition coefficient (Wildman–Crippen LogP) is 2.85. The number of benzene rings is 1. The van der Waals surface area contributed by atoms with Crippen LogP contribution in [0.4, 0.5) is 13.6 Å². The van der Waals surface area contributed by atoms with Gasteiger partial charge in [-0.3, -0.25) is 14.5 Å². The molecule has 2 saturated heterocycles. The number of imidazole rings is 1. The highest BCUT2D eigenvalue weighted by Gasteiger charge is 2.33. The molecule has 2 atom stereocenters. The number of rotatable bonds is 6. The minimum absolute atomic E-state index is 0.0194. The van der Waals surface area contributed by atoms with Crippen LogP contribution in [0.1, 0.15) is 36.8 Å². The highest BCUT2D eigenvalue weighted by molar-refractivity contribution is 5.75. The fourth-order valence-electron chi connectivity index (χ4n) is 5.67. The zero-order chi connectivity index (χ0) is 25.9. The van der Waals surface area contributed by atoms with Gasteiger partial charge in [-0.05, 0) is 43.0 Å². The number of carbonyl (C=O) groups excluding carboxylic acids is 1. The minimum atomic E-state index is -0.861. The molecule has 0 aliphatic carbocycles. The van der Waals surface area contributed by atoms with Gasteiger partial charge in [0.25, 0.3) is 0 Å². The number of nitrogens with one attached hydrogen (secondary N) is 2. The molecule has 0 saturated carbocycles. The second-order valence-corrected chi connectivity index (χ2v) is 9.86. The lowest BCUT2D eigenvalue weighted by Crippen LogP contribution is -2.54. The first kappa shape index (κ1) is 25.3. The summed E-state index contributed by atoms with van der Waals surface area (Å²) in [5.74, 6) is -1.93. The van der Waals surface area contributed by atoms with E-state index in [2.05, 4.69) is 20.2 Å². The second-order valence-electron chi connectivity index (χ2n) is 9.86. The van der Waals surface area contributed by atoms with Crippen molar-refractivity contribution in [2.24, 2.45) is 0 Å². The first-order chi connectivity index (χ1) is 17.9. The molecule has 9 nitrogen and oxygen atoms in total. The van der Waals surface area contributed by atoms with Crippen molar-refractivity contribution >= 4 is 17.2 Å². The number of halogens is 2. The molecule has 2 unspecified atom stereocenters.